The summed E-state index contributed by atoms with van der Waals surface area (Å²) < 4.78 is 16.1. The van der Waals surface area contributed by atoms with Gasteiger partial charge in [-0.3, -0.25) is 0 Å². The fourth-order valence-corrected chi connectivity index (χ4v) is 3.68. The molecule has 0 saturated carbocycles. The Morgan fingerprint density at radius 1 is 0.719 bits per heavy atom. The van der Waals surface area contributed by atoms with Gasteiger partial charge < -0.3 is 14.0 Å². The molecule has 0 aliphatic carbocycles. The van der Waals surface area contributed by atoms with Crippen molar-refractivity contribution in [3.05, 3.63) is 72.3 Å². The van der Waals surface area contributed by atoms with Gasteiger partial charge in [0.1, 0.15) is 0 Å². The van der Waals surface area contributed by atoms with Crippen molar-refractivity contribution in [2.75, 3.05) is 14.2 Å². The smallest absolute Gasteiger partial charge is 0.258 e. The quantitative estimate of drug-likeness (QED) is 0.274. The zero-order valence-corrected chi connectivity index (χ0v) is 18.8. The van der Waals surface area contributed by atoms with Gasteiger partial charge in [-0.1, -0.05) is 73.5 Å². The van der Waals surface area contributed by atoms with Crippen LogP contribution < -0.4 is 9.47 Å². The molecule has 0 radical (unpaired) electrons. The summed E-state index contributed by atoms with van der Waals surface area (Å²) >= 11 is 0. The second-order valence-electron chi connectivity index (χ2n) is 7.72. The molecule has 1 heterocycles. The predicted octanol–water partition coefficient (Wildman–Crippen LogP) is 6.82. The highest BCUT2D eigenvalue weighted by Crippen LogP contribution is 2.32. The van der Waals surface area contributed by atoms with E-state index in [0.29, 0.717) is 23.2 Å². The fourth-order valence-electron chi connectivity index (χ4n) is 3.68. The van der Waals surface area contributed by atoms with Gasteiger partial charge in [0.05, 0.1) is 14.2 Å². The van der Waals surface area contributed by atoms with Crippen LogP contribution in [0, 0.1) is 0 Å². The monoisotopic (exact) mass is 428 g/mol. The van der Waals surface area contributed by atoms with E-state index in [-0.39, 0.29) is 0 Å². The second-order valence-corrected chi connectivity index (χ2v) is 7.72. The van der Waals surface area contributed by atoms with Gasteiger partial charge in [-0.15, -0.1) is 0 Å². The highest BCUT2D eigenvalue weighted by atomic mass is 16.5. The summed E-state index contributed by atoms with van der Waals surface area (Å²) in [6.07, 6.45) is 4.93. The maximum atomic E-state index is 5.49. The maximum absolute atomic E-state index is 5.49. The van der Waals surface area contributed by atoms with Crippen molar-refractivity contribution in [3.8, 4) is 45.5 Å². The molecule has 5 heteroatoms. The molecule has 4 aromatic rings. The Morgan fingerprint density at radius 3 is 2.00 bits per heavy atom. The van der Waals surface area contributed by atoms with E-state index in [4.69, 9.17) is 14.0 Å². The maximum Gasteiger partial charge on any atom is 0.258 e. The van der Waals surface area contributed by atoms with Crippen LogP contribution >= 0.6 is 0 Å². The lowest BCUT2D eigenvalue weighted by molar-refractivity contribution is 0.355. The van der Waals surface area contributed by atoms with Crippen LogP contribution in [0.15, 0.2) is 71.3 Å². The van der Waals surface area contributed by atoms with Gasteiger partial charge in [-0.25, -0.2) is 0 Å². The molecule has 0 aliphatic heterocycles. The Morgan fingerprint density at radius 2 is 1.34 bits per heavy atom. The molecule has 0 unspecified atom stereocenters. The zero-order chi connectivity index (χ0) is 22.3. The summed E-state index contributed by atoms with van der Waals surface area (Å²) in [7, 11) is 3.20. The summed E-state index contributed by atoms with van der Waals surface area (Å²) in [5, 5.41) is 4.15. The molecule has 164 valence electrons. The van der Waals surface area contributed by atoms with Gasteiger partial charge in [0.15, 0.2) is 11.5 Å². The van der Waals surface area contributed by atoms with E-state index in [1.807, 2.05) is 30.3 Å². The van der Waals surface area contributed by atoms with Crippen molar-refractivity contribution in [1.82, 2.24) is 10.1 Å². The lowest BCUT2D eigenvalue weighted by atomic mass is 10.0. The minimum Gasteiger partial charge on any atom is -0.493 e. The second kappa shape index (κ2) is 10.1. The van der Waals surface area contributed by atoms with E-state index in [2.05, 4.69) is 53.5 Å². The topological polar surface area (TPSA) is 57.4 Å². The molecule has 0 spiro atoms. The third kappa shape index (κ3) is 4.83. The van der Waals surface area contributed by atoms with Crippen molar-refractivity contribution >= 4 is 0 Å². The number of rotatable bonds is 9. The molecule has 0 atom stereocenters. The molecule has 0 amide bonds. The molecular formula is C27H28N2O3. The SMILES string of the molecule is CCCCCc1ccc(-c2ccc(-c3noc(-c4ccc(OC)c(OC)c4)n3)cc2)cc1. The van der Waals surface area contributed by atoms with Gasteiger partial charge in [-0.2, -0.15) is 4.98 Å². The number of hydrogen-bond donors (Lipinski definition) is 0. The van der Waals surface area contributed by atoms with Gasteiger partial charge in [-0.05, 0) is 47.7 Å². The van der Waals surface area contributed by atoms with Gasteiger partial charge >= 0.3 is 0 Å². The number of aryl methyl sites for hydroxylation is 1. The number of ether oxygens (including phenoxy) is 2. The van der Waals surface area contributed by atoms with E-state index in [0.717, 1.165) is 23.1 Å². The van der Waals surface area contributed by atoms with E-state index < -0.39 is 0 Å². The zero-order valence-electron chi connectivity index (χ0n) is 18.8. The molecule has 5 nitrogen and oxygen atoms in total. The summed E-state index contributed by atoms with van der Waals surface area (Å²) in [4.78, 5) is 4.56. The Kier molecular flexibility index (Phi) is 6.85. The normalized spacial score (nSPS) is 10.8. The average molecular weight is 429 g/mol. The van der Waals surface area contributed by atoms with Gasteiger partial charge in [0.2, 0.25) is 5.82 Å². The number of benzene rings is 3. The van der Waals surface area contributed by atoms with Crippen molar-refractivity contribution in [2.45, 2.75) is 32.6 Å². The Labute approximate surface area is 189 Å². The Bertz CT molecular complexity index is 1150. The van der Waals surface area contributed by atoms with Gasteiger partial charge in [0, 0.05) is 11.1 Å². The number of aromatic nitrogens is 2. The third-order valence-corrected chi connectivity index (χ3v) is 5.56. The van der Waals surface area contributed by atoms with Gasteiger partial charge in [0.25, 0.3) is 5.89 Å². The Balaban J connectivity index is 1.49. The van der Waals surface area contributed by atoms with Crippen LogP contribution in [0.2, 0.25) is 0 Å². The lowest BCUT2D eigenvalue weighted by Crippen LogP contribution is -1.91. The number of hydrogen-bond acceptors (Lipinski definition) is 5. The van der Waals surface area contributed by atoms with Crippen molar-refractivity contribution in [3.63, 3.8) is 0 Å². The van der Waals surface area contributed by atoms with Crippen LogP contribution in [-0.2, 0) is 6.42 Å². The first kappa shape index (κ1) is 21.6. The fraction of sp³-hybridized carbons (Fsp3) is 0.259. The number of methoxy groups -OCH3 is 2. The van der Waals surface area contributed by atoms with E-state index >= 15 is 0 Å². The first-order valence-electron chi connectivity index (χ1n) is 11.0. The highest BCUT2D eigenvalue weighted by Gasteiger charge is 2.13. The predicted molar refractivity (Wildman–Crippen MR) is 127 cm³/mol. The van der Waals surface area contributed by atoms with Crippen LogP contribution in [0.25, 0.3) is 34.0 Å². The first-order chi connectivity index (χ1) is 15.7. The summed E-state index contributed by atoms with van der Waals surface area (Å²) in [5.74, 6) is 2.25. The largest absolute Gasteiger partial charge is 0.493 e. The summed E-state index contributed by atoms with van der Waals surface area (Å²) in [5.41, 5.74) is 5.44. The molecule has 32 heavy (non-hydrogen) atoms. The van der Waals surface area contributed by atoms with Crippen molar-refractivity contribution in [1.29, 1.82) is 0 Å². The summed E-state index contributed by atoms with van der Waals surface area (Å²) in [6.45, 7) is 2.23. The van der Waals surface area contributed by atoms with Crippen LogP contribution in [0.1, 0.15) is 31.7 Å². The standard InChI is InChI=1S/C27H28N2O3/c1-4-5-6-7-19-8-10-20(11-9-19)21-12-14-22(15-13-21)26-28-27(32-29-26)23-16-17-24(30-2)25(18-23)31-3/h8-18H,4-7H2,1-3H3. The van der Waals surface area contributed by atoms with E-state index in [9.17, 15) is 0 Å². The first-order valence-corrected chi connectivity index (χ1v) is 11.0. The van der Waals surface area contributed by atoms with Crippen molar-refractivity contribution < 1.29 is 14.0 Å². The molecule has 1 aromatic heterocycles. The number of unbranched alkanes of at least 4 members (excludes halogenated alkanes) is 2. The van der Waals surface area contributed by atoms with Crippen LogP contribution in [0.5, 0.6) is 11.5 Å². The third-order valence-electron chi connectivity index (χ3n) is 5.56. The Hall–Kier alpha value is -3.60. The summed E-state index contributed by atoms with van der Waals surface area (Å²) in [6, 6.07) is 22.6. The van der Waals surface area contributed by atoms with Crippen molar-refractivity contribution in [2.24, 2.45) is 0 Å². The minimum absolute atomic E-state index is 0.434. The van der Waals surface area contributed by atoms with Crippen LogP contribution in [0.3, 0.4) is 0 Å². The lowest BCUT2D eigenvalue weighted by Gasteiger charge is -2.07. The van der Waals surface area contributed by atoms with Crippen LogP contribution in [-0.4, -0.2) is 24.4 Å². The van der Waals surface area contributed by atoms with E-state index in [1.54, 1.807) is 14.2 Å². The van der Waals surface area contributed by atoms with Crippen LogP contribution in [0.4, 0.5) is 0 Å². The molecule has 0 aliphatic rings. The molecule has 0 bridgehead atoms. The number of nitrogens with zero attached hydrogens (tertiary/aromatic N) is 2. The minimum atomic E-state index is 0.434. The molecular weight excluding hydrogens is 400 g/mol. The molecule has 0 N–H and O–H groups in total. The molecule has 4 rings (SSSR count). The highest BCUT2D eigenvalue weighted by molar-refractivity contribution is 5.69. The van der Waals surface area contributed by atoms with E-state index in [1.165, 1.54) is 30.4 Å². The molecule has 0 fully saturated rings. The average Bonchev–Trinajstić information content (AvgIpc) is 3.35. The molecule has 3 aromatic carbocycles. The molecule has 0 saturated heterocycles.